The lowest BCUT2D eigenvalue weighted by Gasteiger charge is -2.09. The summed E-state index contributed by atoms with van der Waals surface area (Å²) in [5.74, 6) is -0.512. The Bertz CT molecular complexity index is 719. The summed E-state index contributed by atoms with van der Waals surface area (Å²) in [6, 6.07) is 7.16. The van der Waals surface area contributed by atoms with Crippen molar-refractivity contribution in [3.63, 3.8) is 0 Å². The summed E-state index contributed by atoms with van der Waals surface area (Å²) in [4.78, 5) is 3.47. The van der Waals surface area contributed by atoms with Gasteiger partial charge in [0.2, 0.25) is 0 Å². The minimum Gasteiger partial charge on any atom is -0.488 e. The van der Waals surface area contributed by atoms with Crippen molar-refractivity contribution in [1.82, 2.24) is 4.98 Å². The van der Waals surface area contributed by atoms with Gasteiger partial charge in [-0.1, -0.05) is 0 Å². The molecule has 0 fully saturated rings. The third kappa shape index (κ3) is 4.35. The first-order valence-corrected chi connectivity index (χ1v) is 7.50. The van der Waals surface area contributed by atoms with Crippen molar-refractivity contribution < 1.29 is 26.3 Å². The molecule has 0 spiro atoms. The van der Waals surface area contributed by atoms with E-state index >= 15 is 0 Å². The zero-order chi connectivity index (χ0) is 16.2. The van der Waals surface area contributed by atoms with E-state index in [4.69, 9.17) is 4.74 Å². The fourth-order valence-electron chi connectivity index (χ4n) is 1.51. The van der Waals surface area contributed by atoms with Crippen LogP contribution in [0.3, 0.4) is 0 Å². The van der Waals surface area contributed by atoms with E-state index in [9.17, 15) is 21.6 Å². The molecule has 9 heteroatoms. The number of halogens is 3. The van der Waals surface area contributed by atoms with Gasteiger partial charge in [0.25, 0.3) is 16.4 Å². The maximum absolute atomic E-state index is 12.7. The maximum Gasteiger partial charge on any atom is 0.272 e. The van der Waals surface area contributed by atoms with Crippen LogP contribution in [0.4, 0.5) is 19.0 Å². The van der Waals surface area contributed by atoms with Crippen LogP contribution in [0.25, 0.3) is 0 Å². The van der Waals surface area contributed by atoms with Crippen LogP contribution in [0, 0.1) is 5.82 Å². The van der Waals surface area contributed by atoms with Crippen LogP contribution in [0.15, 0.2) is 47.5 Å². The molecule has 2 rings (SSSR count). The number of nitrogens with zero attached hydrogens (tertiary/aromatic N) is 1. The van der Waals surface area contributed by atoms with Gasteiger partial charge in [-0.25, -0.2) is 26.6 Å². The van der Waals surface area contributed by atoms with Crippen molar-refractivity contribution in [2.45, 2.75) is 11.3 Å². The highest BCUT2D eigenvalue weighted by Gasteiger charge is 2.15. The van der Waals surface area contributed by atoms with Crippen LogP contribution in [-0.2, 0) is 10.0 Å². The highest BCUT2D eigenvalue weighted by molar-refractivity contribution is 7.92. The van der Waals surface area contributed by atoms with Crippen LogP contribution >= 0.6 is 0 Å². The Kier molecular flexibility index (Phi) is 4.86. The number of nitrogens with one attached hydrogen (secondary N) is 1. The molecule has 0 aliphatic heterocycles. The zero-order valence-corrected chi connectivity index (χ0v) is 11.9. The minimum absolute atomic E-state index is 0.0422. The lowest BCUT2D eigenvalue weighted by Crippen LogP contribution is -2.14. The van der Waals surface area contributed by atoms with E-state index in [-0.39, 0.29) is 16.5 Å². The first-order valence-electron chi connectivity index (χ1n) is 6.02. The Hall–Kier alpha value is -2.29. The van der Waals surface area contributed by atoms with Crippen LogP contribution in [0.2, 0.25) is 0 Å². The molecule has 1 aromatic carbocycles. The number of aromatic nitrogens is 1. The predicted octanol–water partition coefficient (Wildman–Crippen LogP) is 2.67. The highest BCUT2D eigenvalue weighted by atomic mass is 32.2. The molecular formula is C13H11F3N2O3S. The normalized spacial score (nSPS) is 11.5. The third-order valence-corrected chi connectivity index (χ3v) is 3.85. The number of pyridine rings is 1. The molecule has 0 saturated carbocycles. The molecular weight excluding hydrogens is 321 g/mol. The molecule has 1 N–H and O–H groups in total. The molecule has 0 aliphatic carbocycles. The Labute approximate surface area is 124 Å². The van der Waals surface area contributed by atoms with Crippen molar-refractivity contribution in [3.8, 4) is 5.75 Å². The van der Waals surface area contributed by atoms with Gasteiger partial charge in [0, 0.05) is 0 Å². The van der Waals surface area contributed by atoms with E-state index in [1.165, 1.54) is 30.3 Å². The van der Waals surface area contributed by atoms with Crippen LogP contribution < -0.4 is 9.46 Å². The number of alkyl halides is 2. The van der Waals surface area contributed by atoms with Crippen LogP contribution in [-0.4, -0.2) is 26.4 Å². The predicted molar refractivity (Wildman–Crippen MR) is 72.9 cm³/mol. The van der Waals surface area contributed by atoms with Gasteiger partial charge in [-0.3, -0.25) is 4.72 Å². The molecule has 1 heterocycles. The van der Waals surface area contributed by atoms with E-state index in [1.807, 2.05) is 0 Å². The Balaban J connectivity index is 2.10. The molecule has 5 nitrogen and oxygen atoms in total. The number of ether oxygens (including phenoxy) is 1. The largest absolute Gasteiger partial charge is 0.488 e. The molecule has 1 aromatic heterocycles. The van der Waals surface area contributed by atoms with Gasteiger partial charge in [0.15, 0.2) is 0 Å². The van der Waals surface area contributed by atoms with E-state index in [0.717, 1.165) is 12.3 Å². The van der Waals surface area contributed by atoms with Crippen molar-refractivity contribution in [2.75, 3.05) is 11.3 Å². The van der Waals surface area contributed by atoms with Gasteiger partial charge in [0.1, 0.15) is 24.0 Å². The number of hydrogen-bond donors (Lipinski definition) is 1. The first kappa shape index (κ1) is 16.1. The topological polar surface area (TPSA) is 68.3 Å². The number of anilines is 1. The molecule has 0 unspecified atom stereocenters. The van der Waals surface area contributed by atoms with Crippen LogP contribution in [0.5, 0.6) is 5.75 Å². The van der Waals surface area contributed by atoms with Crippen LogP contribution in [0.1, 0.15) is 0 Å². The number of sulfonamides is 1. The number of benzene rings is 1. The van der Waals surface area contributed by atoms with E-state index in [2.05, 4.69) is 9.71 Å². The third-order valence-electron chi connectivity index (χ3n) is 2.48. The molecule has 0 radical (unpaired) electrons. The molecule has 0 bridgehead atoms. The highest BCUT2D eigenvalue weighted by Crippen LogP contribution is 2.19. The number of hydrogen-bond acceptors (Lipinski definition) is 4. The van der Waals surface area contributed by atoms with Gasteiger partial charge in [-0.15, -0.1) is 0 Å². The van der Waals surface area contributed by atoms with E-state index in [1.54, 1.807) is 0 Å². The second-order valence-corrected chi connectivity index (χ2v) is 5.82. The lowest BCUT2D eigenvalue weighted by atomic mass is 10.3. The maximum atomic E-state index is 12.7. The Morgan fingerprint density at radius 1 is 1.14 bits per heavy atom. The molecule has 2 aromatic rings. The van der Waals surface area contributed by atoms with Gasteiger partial charge in [-0.2, -0.15) is 0 Å². The second kappa shape index (κ2) is 6.65. The standard InChI is InChI=1S/C13H11F3N2O3S/c14-9-1-6-13(17-7-9)18-22(19,20)11-4-2-10(3-5-11)21-8-12(15)16/h1-7,12H,8H2,(H,17,18). The fraction of sp³-hybridized carbons (Fsp3) is 0.154. The fourth-order valence-corrected chi connectivity index (χ4v) is 2.52. The molecule has 22 heavy (non-hydrogen) atoms. The molecule has 0 amide bonds. The van der Waals surface area contributed by atoms with Crippen molar-refractivity contribution >= 4 is 15.8 Å². The molecule has 0 atom stereocenters. The molecule has 118 valence electrons. The summed E-state index contributed by atoms with van der Waals surface area (Å²) >= 11 is 0. The molecule has 0 aliphatic rings. The summed E-state index contributed by atoms with van der Waals surface area (Å²) in [6.45, 7) is -0.774. The monoisotopic (exact) mass is 332 g/mol. The summed E-state index contributed by atoms with van der Waals surface area (Å²) in [5.41, 5.74) is 0. The quantitative estimate of drug-likeness (QED) is 0.883. The second-order valence-electron chi connectivity index (χ2n) is 4.14. The summed E-state index contributed by atoms with van der Waals surface area (Å²) < 4.78 is 67.7. The van der Waals surface area contributed by atoms with Gasteiger partial charge < -0.3 is 4.74 Å². The molecule has 0 saturated heterocycles. The van der Waals surface area contributed by atoms with Gasteiger partial charge in [0.05, 0.1) is 11.1 Å². The summed E-state index contributed by atoms with van der Waals surface area (Å²) in [6.07, 6.45) is -1.74. The van der Waals surface area contributed by atoms with E-state index in [0.29, 0.717) is 0 Å². The van der Waals surface area contributed by atoms with Gasteiger partial charge >= 0.3 is 0 Å². The minimum atomic E-state index is -3.91. The van der Waals surface area contributed by atoms with E-state index < -0.39 is 28.9 Å². The summed E-state index contributed by atoms with van der Waals surface area (Å²) in [5, 5.41) is 0. The van der Waals surface area contributed by atoms with Crippen molar-refractivity contribution in [1.29, 1.82) is 0 Å². The smallest absolute Gasteiger partial charge is 0.272 e. The van der Waals surface area contributed by atoms with Gasteiger partial charge in [-0.05, 0) is 36.4 Å². The average Bonchev–Trinajstić information content (AvgIpc) is 2.48. The van der Waals surface area contributed by atoms with Crippen molar-refractivity contribution in [3.05, 3.63) is 48.4 Å². The lowest BCUT2D eigenvalue weighted by molar-refractivity contribution is 0.0819. The average molecular weight is 332 g/mol. The zero-order valence-electron chi connectivity index (χ0n) is 11.0. The van der Waals surface area contributed by atoms with Crippen molar-refractivity contribution in [2.24, 2.45) is 0 Å². The summed E-state index contributed by atoms with van der Waals surface area (Å²) in [7, 11) is -3.91. The first-order chi connectivity index (χ1) is 10.4. The Morgan fingerprint density at radius 3 is 2.36 bits per heavy atom. The SMILES string of the molecule is O=S(=O)(Nc1ccc(F)cn1)c1ccc(OCC(F)F)cc1. The number of rotatable bonds is 6. The Morgan fingerprint density at radius 2 is 1.82 bits per heavy atom.